The van der Waals surface area contributed by atoms with E-state index in [-0.39, 0.29) is 46.9 Å². The molecular weight excluding hydrogens is 496 g/mol. The van der Waals surface area contributed by atoms with Gasteiger partial charge in [-0.15, -0.1) is 0 Å². The number of carbonyl (C=O) groups is 3. The lowest BCUT2D eigenvalue weighted by molar-refractivity contribution is -0.114. The average molecular weight is 519 g/mol. The van der Waals surface area contributed by atoms with Crippen LogP contribution in [0.3, 0.4) is 0 Å². The second-order valence-corrected chi connectivity index (χ2v) is 8.72. The molecule has 0 aliphatic heterocycles. The van der Waals surface area contributed by atoms with Crippen LogP contribution in [0, 0.1) is 0 Å². The third-order valence-corrected chi connectivity index (χ3v) is 6.11. The number of ketones is 2. The van der Waals surface area contributed by atoms with E-state index in [4.69, 9.17) is 15.0 Å². The molecule has 1 N–H and O–H groups in total. The minimum atomic E-state index is -0.576. The first-order valence-corrected chi connectivity index (χ1v) is 12.1. The highest BCUT2D eigenvalue weighted by Gasteiger charge is 2.35. The van der Waals surface area contributed by atoms with Crippen LogP contribution in [0.25, 0.3) is 10.4 Å². The monoisotopic (exact) mass is 518 g/mol. The molecule has 39 heavy (non-hydrogen) atoms. The molecule has 4 aromatic rings. The highest BCUT2D eigenvalue weighted by Crippen LogP contribution is 2.39. The normalized spacial score (nSPS) is 11.6. The van der Waals surface area contributed by atoms with Gasteiger partial charge in [-0.2, -0.15) is 0 Å². The molecule has 9 nitrogen and oxygen atoms in total. The Balaban J connectivity index is 1.54. The first kappa shape index (κ1) is 25.3. The lowest BCUT2D eigenvalue weighted by Crippen LogP contribution is -2.24. The molecule has 1 aliphatic rings. The summed E-state index contributed by atoms with van der Waals surface area (Å²) in [4.78, 5) is 42.4. The van der Waals surface area contributed by atoms with Gasteiger partial charge in [0.2, 0.25) is 11.7 Å². The minimum Gasteiger partial charge on any atom is -0.488 e. The van der Waals surface area contributed by atoms with Gasteiger partial charge in [-0.05, 0) is 28.8 Å². The minimum absolute atomic E-state index is 0.0900. The Kier molecular flexibility index (Phi) is 7.34. The summed E-state index contributed by atoms with van der Waals surface area (Å²) in [7, 11) is 0. The van der Waals surface area contributed by atoms with Crippen LogP contribution in [0.1, 0.15) is 43.0 Å². The third-order valence-electron chi connectivity index (χ3n) is 6.11. The van der Waals surface area contributed by atoms with Gasteiger partial charge in [-0.3, -0.25) is 14.4 Å². The molecule has 192 valence electrons. The van der Waals surface area contributed by atoms with Gasteiger partial charge in [0.25, 0.3) is 0 Å². The Morgan fingerprint density at radius 3 is 2.00 bits per heavy atom. The highest BCUT2D eigenvalue weighted by atomic mass is 16.5. The van der Waals surface area contributed by atoms with Gasteiger partial charge in [-0.25, -0.2) is 0 Å². The second kappa shape index (κ2) is 11.3. The van der Waals surface area contributed by atoms with E-state index >= 15 is 0 Å². The summed E-state index contributed by atoms with van der Waals surface area (Å²) >= 11 is 0. The van der Waals surface area contributed by atoms with Crippen molar-refractivity contribution < 1.29 is 23.9 Å². The molecule has 0 bridgehead atoms. The van der Waals surface area contributed by atoms with Crippen LogP contribution in [-0.4, -0.2) is 24.0 Å². The molecule has 1 aliphatic carbocycles. The Hall–Kier alpha value is -5.40. The number of carbonyl (C=O) groups excluding carboxylic acids is 3. The van der Waals surface area contributed by atoms with E-state index in [1.54, 1.807) is 18.2 Å². The van der Waals surface area contributed by atoms with Crippen molar-refractivity contribution in [2.24, 2.45) is 5.11 Å². The van der Waals surface area contributed by atoms with Crippen molar-refractivity contribution in [2.75, 3.05) is 11.9 Å². The van der Waals surface area contributed by atoms with E-state index in [0.29, 0.717) is 5.75 Å². The van der Waals surface area contributed by atoms with Crippen molar-refractivity contribution in [1.82, 2.24) is 0 Å². The SMILES string of the molecule is [N-]=[N+]=NCC(=O)Nc1cc(OCc2ccccc2)c2c(c1)C(=O)c1cccc(OCc3ccccc3)c1C2=O. The van der Waals surface area contributed by atoms with E-state index in [9.17, 15) is 14.4 Å². The topological polar surface area (TPSA) is 130 Å². The van der Waals surface area contributed by atoms with Crippen LogP contribution in [0.2, 0.25) is 0 Å². The number of anilines is 1. The van der Waals surface area contributed by atoms with E-state index in [2.05, 4.69) is 15.3 Å². The molecule has 5 rings (SSSR count). The summed E-state index contributed by atoms with van der Waals surface area (Å²) in [5.74, 6) is -0.967. The van der Waals surface area contributed by atoms with Crippen molar-refractivity contribution in [3.8, 4) is 11.5 Å². The zero-order chi connectivity index (χ0) is 27.2. The quantitative estimate of drug-likeness (QED) is 0.148. The number of hydrogen-bond donors (Lipinski definition) is 1. The standard InChI is InChI=1S/C30H22N4O5/c31-34-32-16-26(35)33-21-14-23-28(25(15-21)39-18-20-10-5-2-6-11-20)30(37)27-22(29(23)36)12-7-13-24(27)38-17-19-8-3-1-4-9-19/h1-15H,16-18H2,(H,33,35). The van der Waals surface area contributed by atoms with Crippen LogP contribution >= 0.6 is 0 Å². The van der Waals surface area contributed by atoms with Crippen molar-refractivity contribution in [3.63, 3.8) is 0 Å². The lowest BCUT2D eigenvalue weighted by Gasteiger charge is -2.23. The first-order valence-electron chi connectivity index (χ1n) is 12.1. The molecule has 4 aromatic carbocycles. The number of nitrogens with zero attached hydrogens (tertiary/aromatic N) is 3. The van der Waals surface area contributed by atoms with Gasteiger partial charge >= 0.3 is 0 Å². The summed E-state index contributed by atoms with van der Waals surface area (Å²) in [5.41, 5.74) is 11.1. The summed E-state index contributed by atoms with van der Waals surface area (Å²) in [5, 5.41) is 5.86. The number of amides is 1. The van der Waals surface area contributed by atoms with Crippen molar-refractivity contribution in [3.05, 3.63) is 135 Å². The maximum absolute atomic E-state index is 13.9. The number of benzene rings is 4. The van der Waals surface area contributed by atoms with Gasteiger partial charge in [0.1, 0.15) is 31.3 Å². The number of fused-ring (bicyclic) bond motifs is 2. The maximum atomic E-state index is 13.9. The maximum Gasteiger partial charge on any atom is 0.230 e. The van der Waals surface area contributed by atoms with Crippen LogP contribution in [-0.2, 0) is 18.0 Å². The summed E-state index contributed by atoms with van der Waals surface area (Å²) in [6.07, 6.45) is 0. The number of nitrogens with one attached hydrogen (secondary N) is 1. The fourth-order valence-corrected chi connectivity index (χ4v) is 4.33. The van der Waals surface area contributed by atoms with E-state index in [1.807, 2.05) is 60.7 Å². The average Bonchev–Trinajstić information content (AvgIpc) is 2.97. The Bertz CT molecular complexity index is 1610. The van der Waals surface area contributed by atoms with Crippen LogP contribution < -0.4 is 14.8 Å². The van der Waals surface area contributed by atoms with Gasteiger partial charge < -0.3 is 14.8 Å². The third kappa shape index (κ3) is 5.49. The Morgan fingerprint density at radius 2 is 1.36 bits per heavy atom. The van der Waals surface area contributed by atoms with Gasteiger partial charge in [0, 0.05) is 27.8 Å². The fourth-order valence-electron chi connectivity index (χ4n) is 4.33. The molecule has 0 aromatic heterocycles. The zero-order valence-electron chi connectivity index (χ0n) is 20.7. The molecule has 0 fully saturated rings. The molecule has 0 atom stereocenters. The van der Waals surface area contributed by atoms with Crippen molar-refractivity contribution >= 4 is 23.2 Å². The highest BCUT2D eigenvalue weighted by molar-refractivity contribution is 6.30. The second-order valence-electron chi connectivity index (χ2n) is 8.72. The first-order chi connectivity index (χ1) is 19.0. The van der Waals surface area contributed by atoms with Gasteiger partial charge in [0.05, 0.1) is 11.1 Å². The predicted octanol–water partition coefficient (Wildman–Crippen LogP) is 5.87. The molecule has 0 saturated heterocycles. The number of rotatable bonds is 9. The van der Waals surface area contributed by atoms with Gasteiger partial charge in [0.15, 0.2) is 5.78 Å². The molecule has 0 heterocycles. The number of hydrogen-bond acceptors (Lipinski definition) is 6. The number of ether oxygens (including phenoxy) is 2. The van der Waals surface area contributed by atoms with E-state index in [0.717, 1.165) is 11.1 Å². The molecule has 0 saturated carbocycles. The summed E-state index contributed by atoms with van der Waals surface area (Å²) < 4.78 is 12.0. The summed E-state index contributed by atoms with van der Waals surface area (Å²) in [6, 6.07) is 26.7. The van der Waals surface area contributed by atoms with Crippen molar-refractivity contribution in [1.29, 1.82) is 0 Å². The molecule has 1 amide bonds. The van der Waals surface area contributed by atoms with Crippen LogP contribution in [0.15, 0.2) is 96.1 Å². The van der Waals surface area contributed by atoms with Crippen molar-refractivity contribution in [2.45, 2.75) is 13.2 Å². The lowest BCUT2D eigenvalue weighted by atomic mass is 9.82. The molecule has 9 heteroatoms. The molecular formula is C30H22N4O5. The predicted molar refractivity (Wildman–Crippen MR) is 144 cm³/mol. The molecule has 0 unspecified atom stereocenters. The smallest absolute Gasteiger partial charge is 0.230 e. The zero-order valence-corrected chi connectivity index (χ0v) is 20.7. The Morgan fingerprint density at radius 1 is 0.744 bits per heavy atom. The molecule has 0 spiro atoms. The van der Waals surface area contributed by atoms with Crippen LogP contribution in [0.4, 0.5) is 5.69 Å². The molecule has 0 radical (unpaired) electrons. The summed E-state index contributed by atoms with van der Waals surface area (Å²) in [6.45, 7) is -0.0748. The number of azide groups is 1. The van der Waals surface area contributed by atoms with E-state index in [1.165, 1.54) is 12.1 Å². The van der Waals surface area contributed by atoms with Gasteiger partial charge in [-0.1, -0.05) is 77.9 Å². The van der Waals surface area contributed by atoms with E-state index < -0.39 is 24.0 Å². The fraction of sp³-hybridized carbons (Fsp3) is 0.100. The Labute approximate surface area is 223 Å². The largest absolute Gasteiger partial charge is 0.488 e. The van der Waals surface area contributed by atoms with Crippen LogP contribution in [0.5, 0.6) is 11.5 Å².